The summed E-state index contributed by atoms with van der Waals surface area (Å²) in [7, 11) is 3.60. The highest BCUT2D eigenvalue weighted by Gasteiger charge is 2.09. The first-order valence-electron chi connectivity index (χ1n) is 5.98. The van der Waals surface area contributed by atoms with Crippen molar-refractivity contribution >= 4 is 17.3 Å². The Morgan fingerprint density at radius 1 is 1.50 bits per heavy atom. The minimum absolute atomic E-state index is 0.102. The maximum atomic E-state index is 11.6. The maximum Gasteiger partial charge on any atom is 0.251 e. The first-order valence-corrected chi connectivity index (χ1v) is 5.98. The van der Waals surface area contributed by atoms with Crippen LogP contribution in [0.25, 0.3) is 0 Å². The number of carbonyl (C=O) groups excluding carboxylic acids is 1. The predicted molar refractivity (Wildman–Crippen MR) is 74.0 cm³/mol. The summed E-state index contributed by atoms with van der Waals surface area (Å²) >= 11 is 0. The number of likely N-dealkylation sites (N-methyl/N-ethyl adjacent to an activating group) is 1. The highest BCUT2D eigenvalue weighted by Crippen LogP contribution is 2.23. The number of nitrogen functional groups attached to an aromatic ring is 1. The lowest BCUT2D eigenvalue weighted by molar-refractivity contribution is 0.0956. The van der Waals surface area contributed by atoms with Crippen molar-refractivity contribution < 1.29 is 9.53 Å². The van der Waals surface area contributed by atoms with Crippen LogP contribution in [0.4, 0.5) is 11.4 Å². The van der Waals surface area contributed by atoms with Crippen molar-refractivity contribution in [3.8, 4) is 0 Å². The second kappa shape index (κ2) is 6.86. The van der Waals surface area contributed by atoms with E-state index in [2.05, 4.69) is 5.32 Å². The third-order valence-electron chi connectivity index (χ3n) is 2.67. The number of rotatable bonds is 6. The maximum absolute atomic E-state index is 11.6. The molecule has 0 fully saturated rings. The van der Waals surface area contributed by atoms with Crippen LogP contribution in [0.15, 0.2) is 18.2 Å². The quantitative estimate of drug-likeness (QED) is 0.743. The van der Waals surface area contributed by atoms with Crippen molar-refractivity contribution in [1.29, 1.82) is 0 Å². The fraction of sp³-hybridized carbons (Fsp3) is 0.462. The van der Waals surface area contributed by atoms with E-state index in [1.54, 1.807) is 19.2 Å². The number of hydrogen-bond acceptors (Lipinski definition) is 4. The van der Waals surface area contributed by atoms with E-state index in [0.717, 1.165) is 12.2 Å². The molecule has 0 spiro atoms. The predicted octanol–water partition coefficient (Wildman–Crippen LogP) is 1.10. The average molecular weight is 251 g/mol. The van der Waals surface area contributed by atoms with Gasteiger partial charge in [0.05, 0.1) is 18.0 Å². The molecule has 5 heteroatoms. The summed E-state index contributed by atoms with van der Waals surface area (Å²) < 4.78 is 5.02. The normalized spacial score (nSPS) is 10.2. The van der Waals surface area contributed by atoms with Crippen LogP contribution in [0, 0.1) is 0 Å². The lowest BCUT2D eigenvalue weighted by Gasteiger charge is -2.21. The van der Waals surface area contributed by atoms with Gasteiger partial charge in [0.2, 0.25) is 0 Å². The summed E-state index contributed by atoms with van der Waals surface area (Å²) in [5.74, 6) is -0.102. The van der Waals surface area contributed by atoms with E-state index in [1.807, 2.05) is 24.9 Å². The third-order valence-corrected chi connectivity index (χ3v) is 2.67. The Hall–Kier alpha value is -1.75. The number of hydrogen-bond donors (Lipinski definition) is 2. The highest BCUT2D eigenvalue weighted by molar-refractivity contribution is 5.96. The van der Waals surface area contributed by atoms with Crippen molar-refractivity contribution in [2.75, 3.05) is 44.5 Å². The van der Waals surface area contributed by atoms with E-state index in [9.17, 15) is 4.79 Å². The molecule has 0 aliphatic carbocycles. The lowest BCUT2D eigenvalue weighted by atomic mass is 10.1. The van der Waals surface area contributed by atoms with E-state index >= 15 is 0 Å². The van der Waals surface area contributed by atoms with Gasteiger partial charge in [0.25, 0.3) is 5.91 Å². The molecule has 0 saturated carbocycles. The summed E-state index contributed by atoms with van der Waals surface area (Å²) in [4.78, 5) is 13.7. The Bertz CT molecular complexity index is 407. The first-order chi connectivity index (χ1) is 8.60. The smallest absolute Gasteiger partial charge is 0.251 e. The van der Waals surface area contributed by atoms with Crippen LogP contribution in [-0.2, 0) is 4.74 Å². The molecule has 3 N–H and O–H groups in total. The summed E-state index contributed by atoms with van der Waals surface area (Å²) in [5.41, 5.74) is 8.04. The number of methoxy groups -OCH3 is 1. The van der Waals surface area contributed by atoms with Crippen LogP contribution < -0.4 is 16.0 Å². The third kappa shape index (κ3) is 3.63. The van der Waals surface area contributed by atoms with Gasteiger partial charge in [0, 0.05) is 32.8 Å². The Balaban J connectivity index is 2.82. The molecule has 0 heterocycles. The first kappa shape index (κ1) is 14.3. The van der Waals surface area contributed by atoms with E-state index in [0.29, 0.717) is 24.4 Å². The molecular formula is C13H21N3O2. The van der Waals surface area contributed by atoms with E-state index in [-0.39, 0.29) is 5.91 Å². The van der Waals surface area contributed by atoms with Crippen molar-refractivity contribution in [3.05, 3.63) is 23.8 Å². The van der Waals surface area contributed by atoms with Crippen LogP contribution in [0.3, 0.4) is 0 Å². The summed E-state index contributed by atoms with van der Waals surface area (Å²) in [6.45, 7) is 3.87. The number of amides is 1. The van der Waals surface area contributed by atoms with Crippen molar-refractivity contribution in [1.82, 2.24) is 5.32 Å². The zero-order chi connectivity index (χ0) is 13.5. The summed E-state index contributed by atoms with van der Waals surface area (Å²) in [6.07, 6.45) is 0. The monoisotopic (exact) mass is 251 g/mol. The molecule has 0 aliphatic heterocycles. The van der Waals surface area contributed by atoms with Gasteiger partial charge in [-0.3, -0.25) is 4.79 Å². The van der Waals surface area contributed by atoms with E-state index in [1.165, 1.54) is 0 Å². The van der Waals surface area contributed by atoms with Gasteiger partial charge in [-0.25, -0.2) is 0 Å². The van der Waals surface area contributed by atoms with Gasteiger partial charge < -0.3 is 20.7 Å². The largest absolute Gasteiger partial charge is 0.397 e. The molecule has 0 saturated heterocycles. The molecule has 18 heavy (non-hydrogen) atoms. The zero-order valence-electron chi connectivity index (χ0n) is 11.2. The molecule has 1 amide bonds. The van der Waals surface area contributed by atoms with Gasteiger partial charge in [0.1, 0.15) is 0 Å². The van der Waals surface area contributed by atoms with Gasteiger partial charge in [-0.1, -0.05) is 0 Å². The number of nitrogens with zero attached hydrogens (tertiary/aromatic N) is 1. The van der Waals surface area contributed by atoms with Crippen LogP contribution >= 0.6 is 0 Å². The Morgan fingerprint density at radius 2 is 2.22 bits per heavy atom. The fourth-order valence-electron chi connectivity index (χ4n) is 1.65. The minimum atomic E-state index is -0.102. The van der Waals surface area contributed by atoms with Gasteiger partial charge >= 0.3 is 0 Å². The molecule has 0 atom stereocenters. The van der Waals surface area contributed by atoms with Gasteiger partial charge in [-0.15, -0.1) is 0 Å². The standard InChI is InChI=1S/C13H21N3O2/c1-4-15-13(17)10-5-6-12(11(14)9-10)16(2)7-8-18-3/h5-6,9H,4,7-8,14H2,1-3H3,(H,15,17). The van der Waals surface area contributed by atoms with Gasteiger partial charge in [-0.05, 0) is 25.1 Å². The minimum Gasteiger partial charge on any atom is -0.397 e. The molecule has 100 valence electrons. The van der Waals surface area contributed by atoms with Crippen molar-refractivity contribution in [3.63, 3.8) is 0 Å². The van der Waals surface area contributed by atoms with Crippen LogP contribution in [0.1, 0.15) is 17.3 Å². The van der Waals surface area contributed by atoms with Crippen LogP contribution in [0.5, 0.6) is 0 Å². The number of nitrogens with one attached hydrogen (secondary N) is 1. The Kier molecular flexibility index (Phi) is 5.45. The fourth-order valence-corrected chi connectivity index (χ4v) is 1.65. The second-order valence-electron chi connectivity index (χ2n) is 4.05. The molecule has 0 radical (unpaired) electrons. The summed E-state index contributed by atoms with van der Waals surface area (Å²) in [5, 5.41) is 2.74. The van der Waals surface area contributed by atoms with Crippen LogP contribution in [-0.4, -0.2) is 39.8 Å². The van der Waals surface area contributed by atoms with Gasteiger partial charge in [0.15, 0.2) is 0 Å². The number of anilines is 2. The topological polar surface area (TPSA) is 67.6 Å². The Morgan fingerprint density at radius 3 is 2.78 bits per heavy atom. The molecule has 1 aromatic carbocycles. The van der Waals surface area contributed by atoms with Crippen LogP contribution in [0.2, 0.25) is 0 Å². The average Bonchev–Trinajstić information content (AvgIpc) is 2.36. The van der Waals surface area contributed by atoms with Crippen molar-refractivity contribution in [2.45, 2.75) is 6.92 Å². The van der Waals surface area contributed by atoms with Gasteiger partial charge in [-0.2, -0.15) is 0 Å². The number of nitrogens with two attached hydrogens (primary N) is 1. The SMILES string of the molecule is CCNC(=O)c1ccc(N(C)CCOC)c(N)c1. The highest BCUT2D eigenvalue weighted by atomic mass is 16.5. The molecule has 5 nitrogen and oxygen atoms in total. The molecule has 1 rings (SSSR count). The Labute approximate surface area is 108 Å². The molecule has 1 aromatic rings. The number of ether oxygens (including phenoxy) is 1. The summed E-state index contributed by atoms with van der Waals surface area (Å²) in [6, 6.07) is 5.33. The zero-order valence-corrected chi connectivity index (χ0v) is 11.2. The lowest BCUT2D eigenvalue weighted by Crippen LogP contribution is -2.25. The molecular weight excluding hydrogens is 230 g/mol. The molecule has 0 aromatic heterocycles. The number of carbonyl (C=O) groups is 1. The van der Waals surface area contributed by atoms with E-state index in [4.69, 9.17) is 10.5 Å². The molecule has 0 unspecified atom stereocenters. The molecule has 0 bridgehead atoms. The second-order valence-corrected chi connectivity index (χ2v) is 4.05. The van der Waals surface area contributed by atoms with Crippen molar-refractivity contribution in [2.24, 2.45) is 0 Å². The number of benzene rings is 1. The van der Waals surface area contributed by atoms with E-state index < -0.39 is 0 Å². The molecule has 0 aliphatic rings.